The van der Waals surface area contributed by atoms with Gasteiger partial charge in [0.05, 0.1) is 0 Å². The molecular formula is C19H21NO3. The van der Waals surface area contributed by atoms with Crippen LogP contribution in [0.4, 0.5) is 0 Å². The fourth-order valence-corrected chi connectivity index (χ4v) is 3.09. The standard InChI is InChI=1S/C19H21NO3/c1-2-17(20)18(21)19(22)23-11-16-14-9-5-3-7-12(14)13-8-4-6-10-15(13)16/h3-10,16-18,21H,2,11,20H2,1H3/t17?,18-/m1/s1. The summed E-state index contributed by atoms with van der Waals surface area (Å²) in [7, 11) is 0. The largest absolute Gasteiger partial charge is 0.463 e. The molecule has 3 N–H and O–H groups in total. The zero-order valence-electron chi connectivity index (χ0n) is 13.1. The molecule has 4 heteroatoms. The first-order valence-electron chi connectivity index (χ1n) is 7.92. The number of esters is 1. The number of fused-ring (bicyclic) bond motifs is 3. The SMILES string of the molecule is CCC(N)[C@@H](O)C(=O)OCC1c2ccccc2-c2ccccc21. The van der Waals surface area contributed by atoms with Gasteiger partial charge in [0, 0.05) is 12.0 Å². The Kier molecular flexibility index (Phi) is 4.46. The van der Waals surface area contributed by atoms with E-state index in [2.05, 4.69) is 24.3 Å². The second-order valence-corrected chi connectivity index (χ2v) is 5.87. The zero-order valence-corrected chi connectivity index (χ0v) is 13.1. The molecule has 0 bridgehead atoms. The maximum absolute atomic E-state index is 12.0. The summed E-state index contributed by atoms with van der Waals surface area (Å²) in [5, 5.41) is 9.85. The average Bonchev–Trinajstić information content (AvgIpc) is 2.92. The van der Waals surface area contributed by atoms with Gasteiger partial charge in [-0.1, -0.05) is 55.5 Å². The summed E-state index contributed by atoms with van der Waals surface area (Å²) in [5.41, 5.74) is 10.4. The van der Waals surface area contributed by atoms with Gasteiger partial charge in [0.2, 0.25) is 0 Å². The smallest absolute Gasteiger partial charge is 0.336 e. The van der Waals surface area contributed by atoms with Gasteiger partial charge in [-0.05, 0) is 28.7 Å². The molecule has 2 aromatic carbocycles. The van der Waals surface area contributed by atoms with E-state index in [0.717, 1.165) is 11.1 Å². The molecule has 0 fully saturated rings. The molecule has 120 valence electrons. The Bertz CT molecular complexity index is 668. The van der Waals surface area contributed by atoms with E-state index in [-0.39, 0.29) is 12.5 Å². The second kappa shape index (κ2) is 6.52. The fourth-order valence-electron chi connectivity index (χ4n) is 3.09. The summed E-state index contributed by atoms with van der Waals surface area (Å²) in [6, 6.07) is 15.7. The Hall–Kier alpha value is -2.17. The molecule has 0 heterocycles. The topological polar surface area (TPSA) is 72.5 Å². The van der Waals surface area contributed by atoms with Crippen molar-refractivity contribution in [2.45, 2.75) is 31.4 Å². The lowest BCUT2D eigenvalue weighted by Gasteiger charge is -2.18. The number of ether oxygens (including phenoxy) is 1. The van der Waals surface area contributed by atoms with E-state index in [9.17, 15) is 9.90 Å². The molecule has 0 aromatic heterocycles. The number of aliphatic hydroxyl groups excluding tert-OH is 1. The summed E-state index contributed by atoms with van der Waals surface area (Å²) >= 11 is 0. The number of hydrogen-bond acceptors (Lipinski definition) is 4. The Morgan fingerprint density at radius 1 is 1.13 bits per heavy atom. The van der Waals surface area contributed by atoms with E-state index in [1.54, 1.807) is 0 Å². The molecule has 0 aliphatic heterocycles. The highest BCUT2D eigenvalue weighted by molar-refractivity contribution is 5.79. The number of hydrogen-bond donors (Lipinski definition) is 2. The Labute approximate surface area is 135 Å². The fraction of sp³-hybridized carbons (Fsp3) is 0.316. The average molecular weight is 311 g/mol. The molecule has 2 aromatic rings. The lowest BCUT2D eigenvalue weighted by molar-refractivity contribution is -0.154. The van der Waals surface area contributed by atoms with E-state index in [0.29, 0.717) is 6.42 Å². The predicted molar refractivity (Wildman–Crippen MR) is 89.0 cm³/mol. The van der Waals surface area contributed by atoms with Crippen LogP contribution < -0.4 is 5.73 Å². The van der Waals surface area contributed by atoms with Crippen LogP contribution in [0.2, 0.25) is 0 Å². The highest BCUT2D eigenvalue weighted by atomic mass is 16.5. The molecule has 2 atom stereocenters. The van der Waals surface area contributed by atoms with E-state index < -0.39 is 18.1 Å². The van der Waals surface area contributed by atoms with Crippen molar-refractivity contribution in [3.05, 3.63) is 59.7 Å². The monoisotopic (exact) mass is 311 g/mol. The Morgan fingerprint density at radius 3 is 2.17 bits per heavy atom. The number of benzene rings is 2. The van der Waals surface area contributed by atoms with E-state index in [1.807, 2.05) is 31.2 Å². The summed E-state index contributed by atoms with van der Waals surface area (Å²) < 4.78 is 5.36. The minimum Gasteiger partial charge on any atom is -0.463 e. The van der Waals surface area contributed by atoms with E-state index >= 15 is 0 Å². The third kappa shape index (κ3) is 2.87. The van der Waals surface area contributed by atoms with Crippen LogP contribution in [0.5, 0.6) is 0 Å². The lowest BCUT2D eigenvalue weighted by atomic mass is 9.98. The van der Waals surface area contributed by atoms with Crippen LogP contribution in [0.3, 0.4) is 0 Å². The van der Waals surface area contributed by atoms with E-state index in [4.69, 9.17) is 10.5 Å². The van der Waals surface area contributed by atoms with Crippen molar-refractivity contribution in [3.8, 4) is 11.1 Å². The maximum Gasteiger partial charge on any atom is 0.336 e. The third-order valence-electron chi connectivity index (χ3n) is 4.47. The normalized spacial score (nSPS) is 15.6. The van der Waals surface area contributed by atoms with Crippen molar-refractivity contribution in [2.24, 2.45) is 5.73 Å². The number of aliphatic hydroxyl groups is 1. The number of nitrogens with two attached hydrogens (primary N) is 1. The van der Waals surface area contributed by atoms with Gasteiger partial charge < -0.3 is 15.6 Å². The van der Waals surface area contributed by atoms with Gasteiger partial charge in [-0.3, -0.25) is 0 Å². The molecular weight excluding hydrogens is 290 g/mol. The van der Waals surface area contributed by atoms with Crippen LogP contribution in [0.25, 0.3) is 11.1 Å². The van der Waals surface area contributed by atoms with Gasteiger partial charge in [-0.2, -0.15) is 0 Å². The second-order valence-electron chi connectivity index (χ2n) is 5.87. The van der Waals surface area contributed by atoms with Gasteiger partial charge in [-0.25, -0.2) is 4.79 Å². The third-order valence-corrected chi connectivity index (χ3v) is 4.47. The van der Waals surface area contributed by atoms with Crippen molar-refractivity contribution >= 4 is 5.97 Å². The van der Waals surface area contributed by atoms with Gasteiger partial charge in [0.25, 0.3) is 0 Å². The van der Waals surface area contributed by atoms with Gasteiger partial charge in [0.1, 0.15) is 6.61 Å². The Balaban J connectivity index is 1.80. The Morgan fingerprint density at radius 2 is 1.65 bits per heavy atom. The van der Waals surface area contributed by atoms with Crippen LogP contribution in [0.1, 0.15) is 30.4 Å². The number of carbonyl (C=O) groups excluding carboxylic acids is 1. The van der Waals surface area contributed by atoms with Gasteiger partial charge >= 0.3 is 5.97 Å². The molecule has 3 rings (SSSR count). The van der Waals surface area contributed by atoms with Crippen molar-refractivity contribution in [1.82, 2.24) is 0 Å². The van der Waals surface area contributed by atoms with Crippen molar-refractivity contribution in [1.29, 1.82) is 0 Å². The first-order chi connectivity index (χ1) is 11.1. The minimum absolute atomic E-state index is 0.00333. The number of rotatable bonds is 5. The summed E-state index contributed by atoms with van der Waals surface area (Å²) in [5.74, 6) is -0.655. The molecule has 4 nitrogen and oxygen atoms in total. The zero-order chi connectivity index (χ0) is 16.4. The molecule has 0 saturated heterocycles. The van der Waals surface area contributed by atoms with Crippen LogP contribution >= 0.6 is 0 Å². The quantitative estimate of drug-likeness (QED) is 0.832. The van der Waals surface area contributed by atoms with Gasteiger partial charge in [-0.15, -0.1) is 0 Å². The highest BCUT2D eigenvalue weighted by Crippen LogP contribution is 2.44. The minimum atomic E-state index is -1.27. The van der Waals surface area contributed by atoms with Crippen LogP contribution in [0, 0.1) is 0 Å². The summed E-state index contributed by atoms with van der Waals surface area (Å²) in [4.78, 5) is 12.0. The molecule has 0 radical (unpaired) electrons. The molecule has 0 saturated carbocycles. The van der Waals surface area contributed by atoms with Crippen LogP contribution in [-0.4, -0.2) is 29.8 Å². The van der Waals surface area contributed by atoms with E-state index in [1.165, 1.54) is 11.1 Å². The maximum atomic E-state index is 12.0. The molecule has 0 amide bonds. The van der Waals surface area contributed by atoms with Gasteiger partial charge in [0.15, 0.2) is 6.10 Å². The first kappa shape index (κ1) is 15.7. The lowest BCUT2D eigenvalue weighted by Crippen LogP contribution is -2.41. The van der Waals surface area contributed by atoms with Crippen molar-refractivity contribution in [2.75, 3.05) is 6.61 Å². The molecule has 0 spiro atoms. The van der Waals surface area contributed by atoms with Crippen molar-refractivity contribution < 1.29 is 14.6 Å². The van der Waals surface area contributed by atoms with Crippen LogP contribution in [-0.2, 0) is 9.53 Å². The predicted octanol–water partition coefficient (Wildman–Crippen LogP) is 2.44. The number of carbonyl (C=O) groups is 1. The summed E-state index contributed by atoms with van der Waals surface area (Å²) in [6.07, 6.45) is -0.752. The van der Waals surface area contributed by atoms with Crippen LogP contribution in [0.15, 0.2) is 48.5 Å². The molecule has 1 unspecified atom stereocenters. The molecule has 23 heavy (non-hydrogen) atoms. The summed E-state index contributed by atoms with van der Waals surface area (Å²) in [6.45, 7) is 2.03. The first-order valence-corrected chi connectivity index (χ1v) is 7.92. The van der Waals surface area contributed by atoms with Crippen molar-refractivity contribution in [3.63, 3.8) is 0 Å². The molecule has 1 aliphatic rings. The highest BCUT2D eigenvalue weighted by Gasteiger charge is 2.30. The molecule has 1 aliphatic carbocycles.